The van der Waals surface area contributed by atoms with Crippen LogP contribution < -0.4 is 19.1 Å². The number of hydrogen-bond acceptors (Lipinski definition) is 8. The lowest BCUT2D eigenvalue weighted by molar-refractivity contribution is 0.312. The van der Waals surface area contributed by atoms with Crippen molar-refractivity contribution in [2.24, 2.45) is 7.05 Å². The largest absolute Gasteiger partial charge is 0.493 e. The first-order chi connectivity index (χ1) is 15.5. The Morgan fingerprint density at radius 3 is 2.12 bits per heavy atom. The van der Waals surface area contributed by atoms with Crippen LogP contribution in [0.15, 0.2) is 12.1 Å². The van der Waals surface area contributed by atoms with Gasteiger partial charge in [0, 0.05) is 38.8 Å². The highest BCUT2D eigenvalue weighted by Crippen LogP contribution is 2.41. The SMILES string of the molecule is CCCc1nn(C)c2c(N3CCN(C)CC3)nc(-c3cc(OC)c(OC)c(OC)c3)nc12. The molecule has 4 rings (SSSR count). The molecule has 3 heterocycles. The molecule has 0 unspecified atom stereocenters. The maximum Gasteiger partial charge on any atom is 0.203 e. The molecule has 0 saturated carbocycles. The summed E-state index contributed by atoms with van der Waals surface area (Å²) in [6.45, 7) is 5.95. The molecule has 2 aromatic heterocycles. The Morgan fingerprint density at radius 2 is 1.56 bits per heavy atom. The molecule has 3 aromatic rings. The summed E-state index contributed by atoms with van der Waals surface area (Å²) < 4.78 is 18.5. The van der Waals surface area contributed by atoms with Gasteiger partial charge in [-0.3, -0.25) is 4.68 Å². The molecule has 172 valence electrons. The Labute approximate surface area is 188 Å². The van der Waals surface area contributed by atoms with Gasteiger partial charge in [0.15, 0.2) is 23.1 Å². The van der Waals surface area contributed by atoms with Gasteiger partial charge in [-0.05, 0) is 25.6 Å². The van der Waals surface area contributed by atoms with Gasteiger partial charge in [-0.2, -0.15) is 5.10 Å². The van der Waals surface area contributed by atoms with Crippen LogP contribution in [0.25, 0.3) is 22.4 Å². The van der Waals surface area contributed by atoms with Crippen LogP contribution in [0.1, 0.15) is 19.0 Å². The zero-order valence-electron chi connectivity index (χ0n) is 19.8. The molecular weight excluding hydrogens is 408 g/mol. The van der Waals surface area contributed by atoms with Crippen molar-refractivity contribution in [1.82, 2.24) is 24.6 Å². The van der Waals surface area contributed by atoms with E-state index in [9.17, 15) is 0 Å². The van der Waals surface area contributed by atoms with Gasteiger partial charge < -0.3 is 24.0 Å². The second-order valence-electron chi connectivity index (χ2n) is 8.09. The Kier molecular flexibility index (Phi) is 6.36. The predicted octanol–water partition coefficient (Wildman–Crippen LogP) is 2.76. The number of nitrogens with zero attached hydrogens (tertiary/aromatic N) is 6. The van der Waals surface area contributed by atoms with Crippen LogP contribution in [0.3, 0.4) is 0 Å². The lowest BCUT2D eigenvalue weighted by Gasteiger charge is -2.33. The standard InChI is InChI=1S/C23H32N6O3/c1-7-8-16-19-20(28(3)26-16)23(29-11-9-27(2)10-12-29)25-22(24-19)15-13-17(30-4)21(32-6)18(14-15)31-5/h13-14H,7-12H2,1-6H3. The van der Waals surface area contributed by atoms with Crippen LogP contribution in [-0.2, 0) is 13.5 Å². The highest BCUT2D eigenvalue weighted by molar-refractivity contribution is 5.90. The second kappa shape index (κ2) is 9.20. The Morgan fingerprint density at radius 1 is 0.906 bits per heavy atom. The van der Waals surface area contributed by atoms with Crippen LogP contribution in [0, 0.1) is 0 Å². The quantitative estimate of drug-likeness (QED) is 0.555. The molecule has 0 N–H and O–H groups in total. The molecule has 1 aliphatic heterocycles. The zero-order valence-corrected chi connectivity index (χ0v) is 19.8. The molecule has 9 nitrogen and oxygen atoms in total. The normalized spacial score (nSPS) is 14.8. The van der Waals surface area contributed by atoms with E-state index in [2.05, 4.69) is 23.8 Å². The average Bonchev–Trinajstić information content (AvgIpc) is 3.13. The maximum atomic E-state index is 5.56. The van der Waals surface area contributed by atoms with Crippen molar-refractivity contribution in [1.29, 1.82) is 0 Å². The second-order valence-corrected chi connectivity index (χ2v) is 8.09. The molecule has 0 radical (unpaired) electrons. The van der Waals surface area contributed by atoms with Crippen molar-refractivity contribution in [3.8, 4) is 28.6 Å². The van der Waals surface area contributed by atoms with Gasteiger partial charge in [0.1, 0.15) is 11.0 Å². The first kappa shape index (κ1) is 22.1. The van der Waals surface area contributed by atoms with Crippen molar-refractivity contribution in [2.45, 2.75) is 19.8 Å². The number of fused-ring (bicyclic) bond motifs is 1. The van der Waals surface area contributed by atoms with Crippen molar-refractivity contribution in [3.63, 3.8) is 0 Å². The van der Waals surface area contributed by atoms with E-state index in [0.717, 1.165) is 67.1 Å². The fourth-order valence-electron chi connectivity index (χ4n) is 4.20. The molecule has 0 amide bonds. The number of methoxy groups -OCH3 is 3. The minimum absolute atomic E-state index is 0.548. The van der Waals surface area contributed by atoms with Gasteiger partial charge >= 0.3 is 0 Å². The molecule has 0 aliphatic carbocycles. The Bertz CT molecular complexity index is 1080. The maximum absolute atomic E-state index is 5.56. The summed E-state index contributed by atoms with van der Waals surface area (Å²) in [5, 5.41) is 4.79. The molecule has 0 bridgehead atoms. The first-order valence-electron chi connectivity index (χ1n) is 11.0. The summed E-state index contributed by atoms with van der Waals surface area (Å²) in [5.41, 5.74) is 3.69. The van der Waals surface area contributed by atoms with Crippen LogP contribution >= 0.6 is 0 Å². The van der Waals surface area contributed by atoms with Crippen LogP contribution in [0.5, 0.6) is 17.2 Å². The third kappa shape index (κ3) is 3.92. The van der Waals surface area contributed by atoms with Gasteiger partial charge in [0.2, 0.25) is 5.75 Å². The molecule has 9 heteroatoms. The number of aryl methyl sites for hydroxylation is 2. The van der Waals surface area contributed by atoms with Crippen molar-refractivity contribution >= 4 is 16.9 Å². The summed E-state index contributed by atoms with van der Waals surface area (Å²) >= 11 is 0. The number of rotatable bonds is 7. The minimum Gasteiger partial charge on any atom is -0.493 e. The highest BCUT2D eigenvalue weighted by atomic mass is 16.5. The molecule has 1 aromatic carbocycles. The van der Waals surface area contributed by atoms with E-state index >= 15 is 0 Å². The minimum atomic E-state index is 0.548. The van der Waals surface area contributed by atoms with Crippen LogP contribution in [0.4, 0.5) is 5.82 Å². The van der Waals surface area contributed by atoms with E-state index in [1.54, 1.807) is 21.3 Å². The van der Waals surface area contributed by atoms with Gasteiger partial charge in [-0.1, -0.05) is 13.3 Å². The predicted molar refractivity (Wildman–Crippen MR) is 125 cm³/mol. The number of ether oxygens (including phenoxy) is 3. The third-order valence-electron chi connectivity index (χ3n) is 5.95. The van der Waals surface area contributed by atoms with Gasteiger partial charge in [-0.25, -0.2) is 9.97 Å². The van der Waals surface area contributed by atoms with Gasteiger partial charge in [0.25, 0.3) is 0 Å². The molecule has 1 aliphatic rings. The lowest BCUT2D eigenvalue weighted by Crippen LogP contribution is -2.45. The number of anilines is 1. The highest BCUT2D eigenvalue weighted by Gasteiger charge is 2.25. The van der Waals surface area contributed by atoms with Crippen molar-refractivity contribution < 1.29 is 14.2 Å². The van der Waals surface area contributed by atoms with Crippen molar-refractivity contribution in [3.05, 3.63) is 17.8 Å². The topological polar surface area (TPSA) is 77.8 Å². The van der Waals surface area contributed by atoms with E-state index in [-0.39, 0.29) is 0 Å². The average molecular weight is 441 g/mol. The van der Waals surface area contributed by atoms with E-state index < -0.39 is 0 Å². The summed E-state index contributed by atoms with van der Waals surface area (Å²) in [7, 11) is 8.95. The Hall–Kier alpha value is -3.07. The zero-order chi connectivity index (χ0) is 22.8. The summed E-state index contributed by atoms with van der Waals surface area (Å²) in [6, 6.07) is 3.79. The Balaban J connectivity index is 1.93. The molecule has 0 spiro atoms. The first-order valence-corrected chi connectivity index (χ1v) is 11.0. The fourth-order valence-corrected chi connectivity index (χ4v) is 4.20. The van der Waals surface area contributed by atoms with Gasteiger partial charge in [0.05, 0.1) is 27.0 Å². The molecule has 1 fully saturated rings. The number of hydrogen-bond donors (Lipinski definition) is 0. The summed E-state index contributed by atoms with van der Waals surface area (Å²) in [5.74, 6) is 3.24. The number of aromatic nitrogens is 4. The lowest BCUT2D eigenvalue weighted by atomic mass is 10.1. The number of piperazine rings is 1. The smallest absolute Gasteiger partial charge is 0.203 e. The van der Waals surface area contributed by atoms with E-state index in [1.807, 2.05) is 23.9 Å². The fraction of sp³-hybridized carbons (Fsp3) is 0.522. The van der Waals surface area contributed by atoms with Crippen LogP contribution in [-0.4, -0.2) is 79.2 Å². The number of benzene rings is 1. The summed E-state index contributed by atoms with van der Waals surface area (Å²) in [6.07, 6.45) is 1.87. The van der Waals surface area contributed by atoms with E-state index in [4.69, 9.17) is 29.3 Å². The molecular formula is C23H32N6O3. The summed E-state index contributed by atoms with van der Waals surface area (Å²) in [4.78, 5) is 14.7. The molecule has 1 saturated heterocycles. The monoisotopic (exact) mass is 440 g/mol. The third-order valence-corrected chi connectivity index (χ3v) is 5.95. The van der Waals surface area contributed by atoms with E-state index in [1.165, 1.54) is 0 Å². The molecule has 0 atom stereocenters. The van der Waals surface area contributed by atoms with Crippen molar-refractivity contribution in [2.75, 3.05) is 59.5 Å². The van der Waals surface area contributed by atoms with Crippen LogP contribution in [0.2, 0.25) is 0 Å². The molecule has 32 heavy (non-hydrogen) atoms. The van der Waals surface area contributed by atoms with E-state index in [0.29, 0.717) is 23.1 Å². The van der Waals surface area contributed by atoms with Gasteiger partial charge in [-0.15, -0.1) is 0 Å². The number of likely N-dealkylation sites (N-methyl/N-ethyl adjacent to an activating group) is 1.